The smallest absolute Gasteiger partial charge is 0.264 e. The topological polar surface area (TPSA) is 49.4 Å². The molecular formula is C13H18N2O2S. The van der Waals surface area contributed by atoms with Crippen molar-refractivity contribution in [2.24, 2.45) is 0 Å². The quantitative estimate of drug-likeness (QED) is 0.883. The Morgan fingerprint density at radius 2 is 2.28 bits per heavy atom. The van der Waals surface area contributed by atoms with Crippen LogP contribution >= 0.6 is 11.3 Å². The molecule has 0 radical (unpaired) electrons. The third-order valence-corrected chi connectivity index (χ3v) is 4.29. The van der Waals surface area contributed by atoms with E-state index in [4.69, 9.17) is 0 Å². The molecule has 0 aromatic carbocycles. The van der Waals surface area contributed by atoms with E-state index >= 15 is 0 Å². The van der Waals surface area contributed by atoms with Crippen LogP contribution in [0.2, 0.25) is 0 Å². The Balaban J connectivity index is 2.12. The van der Waals surface area contributed by atoms with Crippen LogP contribution in [0.15, 0.2) is 6.07 Å². The van der Waals surface area contributed by atoms with E-state index < -0.39 is 0 Å². The van der Waals surface area contributed by atoms with Gasteiger partial charge in [-0.15, -0.1) is 11.3 Å². The molecule has 18 heavy (non-hydrogen) atoms. The number of nitrogens with one attached hydrogen (secondary N) is 1. The van der Waals surface area contributed by atoms with Crippen LogP contribution in [0, 0.1) is 6.92 Å². The molecule has 0 spiro atoms. The third-order valence-electron chi connectivity index (χ3n) is 3.21. The van der Waals surface area contributed by atoms with Crippen molar-refractivity contribution < 1.29 is 9.59 Å². The van der Waals surface area contributed by atoms with Gasteiger partial charge in [-0.1, -0.05) is 6.92 Å². The molecule has 1 aromatic rings. The fraction of sp³-hybridized carbons (Fsp3) is 0.538. The first-order chi connectivity index (χ1) is 8.61. The highest BCUT2D eigenvalue weighted by atomic mass is 32.1. The highest BCUT2D eigenvalue weighted by molar-refractivity contribution is 7.14. The zero-order valence-corrected chi connectivity index (χ0v) is 11.6. The number of amides is 2. The van der Waals surface area contributed by atoms with Crippen LogP contribution in [0.4, 0.5) is 0 Å². The molecule has 2 amide bonds. The summed E-state index contributed by atoms with van der Waals surface area (Å²) >= 11 is 1.55. The number of hydrogen-bond donors (Lipinski definition) is 1. The summed E-state index contributed by atoms with van der Waals surface area (Å²) < 4.78 is 0. The largest absolute Gasteiger partial charge is 0.354 e. The lowest BCUT2D eigenvalue weighted by molar-refractivity contribution is -0.120. The van der Waals surface area contributed by atoms with Gasteiger partial charge in [0.15, 0.2) is 0 Å². The molecule has 1 N–H and O–H groups in total. The second-order valence-corrected chi connectivity index (χ2v) is 5.69. The second kappa shape index (κ2) is 5.52. The molecule has 0 unspecified atom stereocenters. The van der Waals surface area contributed by atoms with Crippen molar-refractivity contribution in [1.29, 1.82) is 0 Å². The summed E-state index contributed by atoms with van der Waals surface area (Å²) in [6, 6.07) is 1.99. The van der Waals surface area contributed by atoms with Gasteiger partial charge in [0.25, 0.3) is 5.91 Å². The molecule has 0 atom stereocenters. The number of carbonyl (C=O) groups is 2. The summed E-state index contributed by atoms with van der Waals surface area (Å²) in [6.07, 6.45) is 1.35. The maximum absolute atomic E-state index is 12.3. The number of hydrogen-bond acceptors (Lipinski definition) is 3. The first-order valence-electron chi connectivity index (χ1n) is 6.27. The lowest BCUT2D eigenvalue weighted by Crippen LogP contribution is -2.33. The van der Waals surface area contributed by atoms with E-state index in [1.165, 1.54) is 10.4 Å². The van der Waals surface area contributed by atoms with Crippen LogP contribution < -0.4 is 5.32 Å². The minimum atomic E-state index is 0.0295. The van der Waals surface area contributed by atoms with Crippen LogP contribution in [0.5, 0.6) is 0 Å². The summed E-state index contributed by atoms with van der Waals surface area (Å²) in [6.45, 7) is 5.81. The van der Waals surface area contributed by atoms with E-state index in [1.54, 1.807) is 16.2 Å². The van der Waals surface area contributed by atoms with E-state index in [9.17, 15) is 9.59 Å². The number of rotatable bonds is 2. The van der Waals surface area contributed by atoms with E-state index in [1.807, 2.05) is 13.0 Å². The summed E-state index contributed by atoms with van der Waals surface area (Å²) in [5.74, 6) is 0.0845. The Labute approximate surface area is 111 Å². The minimum Gasteiger partial charge on any atom is -0.354 e. The number of thiophene rings is 1. The monoisotopic (exact) mass is 266 g/mol. The molecular weight excluding hydrogens is 248 g/mol. The van der Waals surface area contributed by atoms with Gasteiger partial charge in [0, 0.05) is 30.9 Å². The van der Waals surface area contributed by atoms with Gasteiger partial charge < -0.3 is 10.2 Å². The van der Waals surface area contributed by atoms with Crippen molar-refractivity contribution in [2.75, 3.05) is 19.6 Å². The van der Waals surface area contributed by atoms with Crippen LogP contribution in [0.1, 0.15) is 33.5 Å². The molecule has 5 heteroatoms. The van der Waals surface area contributed by atoms with Crippen molar-refractivity contribution in [2.45, 2.75) is 26.7 Å². The maximum atomic E-state index is 12.3. The SMILES string of the molecule is CCc1cc(C(=O)N2CCNC(=O)CC2)sc1C. The van der Waals surface area contributed by atoms with Gasteiger partial charge in [0.05, 0.1) is 4.88 Å². The zero-order chi connectivity index (χ0) is 13.1. The molecule has 1 aliphatic rings. The van der Waals surface area contributed by atoms with Gasteiger partial charge in [-0.25, -0.2) is 0 Å². The zero-order valence-electron chi connectivity index (χ0n) is 10.8. The van der Waals surface area contributed by atoms with Crippen molar-refractivity contribution in [3.63, 3.8) is 0 Å². The highest BCUT2D eigenvalue weighted by Crippen LogP contribution is 2.23. The normalized spacial score (nSPS) is 16.3. The first-order valence-corrected chi connectivity index (χ1v) is 7.08. The van der Waals surface area contributed by atoms with Gasteiger partial charge in [-0.3, -0.25) is 9.59 Å². The summed E-state index contributed by atoms with van der Waals surface area (Å²) in [7, 11) is 0. The van der Waals surface area contributed by atoms with E-state index in [0.29, 0.717) is 26.1 Å². The van der Waals surface area contributed by atoms with Crippen LogP contribution in [0.25, 0.3) is 0 Å². The predicted octanol–water partition coefficient (Wildman–Crippen LogP) is 1.58. The Kier molecular flexibility index (Phi) is 4.01. The summed E-state index contributed by atoms with van der Waals surface area (Å²) in [5.41, 5.74) is 1.24. The Morgan fingerprint density at radius 3 is 2.94 bits per heavy atom. The molecule has 1 aromatic heterocycles. The maximum Gasteiger partial charge on any atom is 0.264 e. The molecule has 98 valence electrons. The van der Waals surface area contributed by atoms with Crippen molar-refractivity contribution >= 4 is 23.2 Å². The Bertz CT molecular complexity index is 468. The molecule has 2 heterocycles. The predicted molar refractivity (Wildman–Crippen MR) is 72.0 cm³/mol. The van der Waals surface area contributed by atoms with Crippen molar-refractivity contribution in [3.05, 3.63) is 21.4 Å². The lowest BCUT2D eigenvalue weighted by Gasteiger charge is -2.18. The first kappa shape index (κ1) is 13.1. The number of nitrogens with zero attached hydrogens (tertiary/aromatic N) is 1. The average molecular weight is 266 g/mol. The number of carbonyl (C=O) groups excluding carboxylic acids is 2. The summed E-state index contributed by atoms with van der Waals surface area (Å²) in [4.78, 5) is 27.4. The van der Waals surface area contributed by atoms with E-state index in [-0.39, 0.29) is 11.8 Å². The molecule has 0 saturated carbocycles. The molecule has 0 aliphatic carbocycles. The Morgan fingerprint density at radius 1 is 1.50 bits per heavy atom. The van der Waals surface area contributed by atoms with Crippen molar-refractivity contribution in [3.8, 4) is 0 Å². The average Bonchev–Trinajstić information content (AvgIpc) is 2.59. The molecule has 2 rings (SSSR count). The van der Waals surface area contributed by atoms with Gasteiger partial charge >= 0.3 is 0 Å². The van der Waals surface area contributed by atoms with Crippen molar-refractivity contribution in [1.82, 2.24) is 10.2 Å². The van der Waals surface area contributed by atoms with Crippen LogP contribution in [-0.4, -0.2) is 36.3 Å². The lowest BCUT2D eigenvalue weighted by atomic mass is 10.2. The highest BCUT2D eigenvalue weighted by Gasteiger charge is 2.21. The molecule has 1 fully saturated rings. The van der Waals surface area contributed by atoms with Gasteiger partial charge in [-0.05, 0) is 25.0 Å². The minimum absolute atomic E-state index is 0.0295. The fourth-order valence-corrected chi connectivity index (χ4v) is 3.18. The fourth-order valence-electron chi connectivity index (χ4n) is 2.10. The standard InChI is InChI=1S/C13H18N2O2S/c1-3-10-8-11(18-9(10)2)13(17)15-6-4-12(16)14-5-7-15/h8H,3-7H2,1-2H3,(H,14,16). The molecule has 0 bridgehead atoms. The van der Waals surface area contributed by atoms with Crippen LogP contribution in [-0.2, 0) is 11.2 Å². The molecule has 4 nitrogen and oxygen atoms in total. The van der Waals surface area contributed by atoms with Gasteiger partial charge in [-0.2, -0.15) is 0 Å². The van der Waals surface area contributed by atoms with E-state index in [2.05, 4.69) is 12.2 Å². The second-order valence-electron chi connectivity index (χ2n) is 4.44. The van der Waals surface area contributed by atoms with Gasteiger partial charge in [0.2, 0.25) is 5.91 Å². The van der Waals surface area contributed by atoms with Crippen LogP contribution in [0.3, 0.4) is 0 Å². The third kappa shape index (κ3) is 2.72. The van der Waals surface area contributed by atoms with Gasteiger partial charge in [0.1, 0.15) is 0 Å². The summed E-state index contributed by atoms with van der Waals surface area (Å²) in [5, 5.41) is 2.78. The Hall–Kier alpha value is -1.36. The molecule has 1 aliphatic heterocycles. The number of aryl methyl sites for hydroxylation is 2. The molecule has 1 saturated heterocycles. The van der Waals surface area contributed by atoms with E-state index in [0.717, 1.165) is 11.3 Å².